The van der Waals surface area contributed by atoms with Crippen molar-refractivity contribution in [1.82, 2.24) is 14.8 Å². The number of rotatable bonds is 5. The van der Waals surface area contributed by atoms with E-state index in [1.54, 1.807) is 18.7 Å². The van der Waals surface area contributed by atoms with E-state index in [0.717, 1.165) is 22.4 Å². The minimum absolute atomic E-state index is 0.0342. The number of aliphatic carboxylic acids is 1. The second-order valence-electron chi connectivity index (χ2n) is 3.37. The van der Waals surface area contributed by atoms with Gasteiger partial charge in [0.1, 0.15) is 10.6 Å². The van der Waals surface area contributed by atoms with Crippen molar-refractivity contribution in [1.29, 1.82) is 0 Å². The van der Waals surface area contributed by atoms with Gasteiger partial charge in [-0.1, -0.05) is 11.8 Å². The smallest absolute Gasteiger partial charge is 0.313 e. The quantitative estimate of drug-likeness (QED) is 0.843. The van der Waals surface area contributed by atoms with Gasteiger partial charge in [-0.05, 0) is 11.4 Å². The van der Waals surface area contributed by atoms with Crippen molar-refractivity contribution in [3.63, 3.8) is 0 Å². The molecule has 0 amide bonds. The molecule has 0 aliphatic rings. The molecule has 2 heterocycles. The first-order valence-corrected chi connectivity index (χ1v) is 6.86. The number of carboxylic acid groups (broad SMARTS) is 1. The number of aromatic nitrogens is 3. The molecule has 2 aromatic heterocycles. The van der Waals surface area contributed by atoms with Crippen molar-refractivity contribution in [3.8, 4) is 16.5 Å². The van der Waals surface area contributed by atoms with Crippen LogP contribution in [-0.2, 0) is 11.8 Å². The van der Waals surface area contributed by atoms with Crippen LogP contribution >= 0.6 is 23.1 Å². The molecule has 0 saturated carbocycles. The fourth-order valence-electron chi connectivity index (χ4n) is 1.39. The van der Waals surface area contributed by atoms with Crippen LogP contribution in [-0.4, -0.2) is 38.7 Å². The van der Waals surface area contributed by atoms with Crippen LogP contribution in [0.1, 0.15) is 0 Å². The summed E-state index contributed by atoms with van der Waals surface area (Å²) in [6.45, 7) is 0. The molecule has 2 rings (SSSR count). The molecule has 0 spiro atoms. The molecule has 8 heteroatoms. The largest absolute Gasteiger partial charge is 0.495 e. The molecule has 0 aliphatic heterocycles. The van der Waals surface area contributed by atoms with Crippen LogP contribution in [0.25, 0.3) is 10.7 Å². The van der Waals surface area contributed by atoms with E-state index in [4.69, 9.17) is 9.84 Å². The van der Waals surface area contributed by atoms with Gasteiger partial charge in [-0.15, -0.1) is 21.5 Å². The van der Waals surface area contributed by atoms with Gasteiger partial charge in [-0.3, -0.25) is 4.79 Å². The first-order chi connectivity index (χ1) is 8.63. The maximum absolute atomic E-state index is 10.5. The fraction of sp³-hybridized carbons (Fsp3) is 0.300. The molecule has 0 saturated heterocycles. The van der Waals surface area contributed by atoms with E-state index in [1.165, 1.54) is 11.3 Å². The van der Waals surface area contributed by atoms with Gasteiger partial charge in [0, 0.05) is 7.05 Å². The lowest BCUT2D eigenvalue weighted by molar-refractivity contribution is -0.133. The Morgan fingerprint density at radius 1 is 1.61 bits per heavy atom. The molecule has 2 aromatic rings. The maximum Gasteiger partial charge on any atom is 0.313 e. The van der Waals surface area contributed by atoms with Crippen molar-refractivity contribution in [2.75, 3.05) is 12.9 Å². The number of carbonyl (C=O) groups is 1. The fourth-order valence-corrected chi connectivity index (χ4v) is 2.90. The zero-order chi connectivity index (χ0) is 13.1. The standard InChI is InChI=1S/C10H11N3O3S2/c1-13-9(8-6(16-2)3-4-17-8)11-12-10(13)18-5-7(14)15/h3-4H,5H2,1-2H3,(H,14,15). The normalized spacial score (nSPS) is 10.6. The summed E-state index contributed by atoms with van der Waals surface area (Å²) < 4.78 is 7.00. The zero-order valence-corrected chi connectivity index (χ0v) is 11.4. The molecule has 18 heavy (non-hydrogen) atoms. The number of thiophene rings is 1. The predicted molar refractivity (Wildman–Crippen MR) is 69.2 cm³/mol. The second-order valence-corrected chi connectivity index (χ2v) is 5.22. The van der Waals surface area contributed by atoms with Crippen LogP contribution in [0.3, 0.4) is 0 Å². The summed E-state index contributed by atoms with van der Waals surface area (Å²) in [5.41, 5.74) is 0. The number of carboxylic acids is 1. The molecule has 0 radical (unpaired) electrons. The average molecular weight is 285 g/mol. The molecule has 0 atom stereocenters. The van der Waals surface area contributed by atoms with Gasteiger partial charge in [-0.2, -0.15) is 0 Å². The van der Waals surface area contributed by atoms with Gasteiger partial charge in [-0.25, -0.2) is 0 Å². The second kappa shape index (κ2) is 5.40. The first-order valence-electron chi connectivity index (χ1n) is 4.99. The van der Waals surface area contributed by atoms with E-state index >= 15 is 0 Å². The molecule has 96 valence electrons. The highest BCUT2D eigenvalue weighted by atomic mass is 32.2. The predicted octanol–water partition coefficient (Wildman–Crippen LogP) is 1.73. The van der Waals surface area contributed by atoms with Gasteiger partial charge < -0.3 is 14.4 Å². The summed E-state index contributed by atoms with van der Waals surface area (Å²) in [5.74, 6) is 0.506. The van der Waals surface area contributed by atoms with E-state index in [-0.39, 0.29) is 5.75 Å². The lowest BCUT2D eigenvalue weighted by Crippen LogP contribution is -2.00. The SMILES string of the molecule is COc1ccsc1-c1nnc(SCC(=O)O)n1C. The Hall–Kier alpha value is -1.54. The number of hydrogen-bond acceptors (Lipinski definition) is 6. The van der Waals surface area contributed by atoms with Gasteiger partial charge in [0.2, 0.25) is 0 Å². The topological polar surface area (TPSA) is 77.2 Å². The number of methoxy groups -OCH3 is 1. The van der Waals surface area contributed by atoms with E-state index < -0.39 is 5.97 Å². The van der Waals surface area contributed by atoms with E-state index in [9.17, 15) is 4.79 Å². The summed E-state index contributed by atoms with van der Waals surface area (Å²) >= 11 is 2.65. The summed E-state index contributed by atoms with van der Waals surface area (Å²) in [6, 6.07) is 1.86. The highest BCUT2D eigenvalue weighted by molar-refractivity contribution is 7.99. The minimum Gasteiger partial charge on any atom is -0.495 e. The molecule has 0 fully saturated rings. The minimum atomic E-state index is -0.877. The Morgan fingerprint density at radius 3 is 3.06 bits per heavy atom. The maximum atomic E-state index is 10.5. The number of hydrogen-bond donors (Lipinski definition) is 1. The van der Waals surface area contributed by atoms with Crippen LogP contribution in [0.2, 0.25) is 0 Å². The molecule has 0 bridgehead atoms. The molecule has 0 unspecified atom stereocenters. The van der Waals surface area contributed by atoms with Gasteiger partial charge in [0.15, 0.2) is 11.0 Å². The average Bonchev–Trinajstić information content (AvgIpc) is 2.92. The lowest BCUT2D eigenvalue weighted by atomic mass is 10.4. The summed E-state index contributed by atoms with van der Waals surface area (Å²) in [5, 5.41) is 19.2. The zero-order valence-electron chi connectivity index (χ0n) is 9.78. The Morgan fingerprint density at radius 2 is 2.39 bits per heavy atom. The van der Waals surface area contributed by atoms with Crippen molar-refractivity contribution in [2.45, 2.75) is 5.16 Å². The van der Waals surface area contributed by atoms with Crippen LogP contribution in [0.4, 0.5) is 0 Å². The molecule has 0 aromatic carbocycles. The number of thioether (sulfide) groups is 1. The van der Waals surface area contributed by atoms with E-state index in [0.29, 0.717) is 11.0 Å². The third-order valence-corrected chi connectivity index (χ3v) is 4.11. The van der Waals surface area contributed by atoms with E-state index in [1.807, 2.05) is 11.4 Å². The lowest BCUT2D eigenvalue weighted by Gasteiger charge is -2.03. The third kappa shape index (κ3) is 2.49. The highest BCUT2D eigenvalue weighted by Crippen LogP contribution is 2.35. The van der Waals surface area contributed by atoms with Gasteiger partial charge >= 0.3 is 5.97 Å². The number of nitrogens with zero attached hydrogens (tertiary/aromatic N) is 3. The van der Waals surface area contributed by atoms with Crippen LogP contribution in [0.15, 0.2) is 16.6 Å². The van der Waals surface area contributed by atoms with Crippen LogP contribution in [0.5, 0.6) is 5.75 Å². The van der Waals surface area contributed by atoms with Gasteiger partial charge in [0.05, 0.1) is 12.9 Å². The first kappa shape index (κ1) is 12.9. The van der Waals surface area contributed by atoms with Crippen molar-refractivity contribution >= 4 is 29.1 Å². The Labute approximate surface area is 112 Å². The monoisotopic (exact) mass is 285 g/mol. The van der Waals surface area contributed by atoms with Crippen molar-refractivity contribution in [3.05, 3.63) is 11.4 Å². The van der Waals surface area contributed by atoms with Crippen molar-refractivity contribution in [2.24, 2.45) is 7.05 Å². The summed E-state index contributed by atoms with van der Waals surface area (Å²) in [4.78, 5) is 11.4. The Kier molecular flexibility index (Phi) is 3.87. The molecule has 0 aliphatic carbocycles. The summed E-state index contributed by atoms with van der Waals surface area (Å²) in [7, 11) is 3.40. The third-order valence-electron chi connectivity index (χ3n) is 2.21. The number of ether oxygens (including phenoxy) is 1. The van der Waals surface area contributed by atoms with Gasteiger partial charge in [0.25, 0.3) is 0 Å². The highest BCUT2D eigenvalue weighted by Gasteiger charge is 2.16. The molecular weight excluding hydrogens is 274 g/mol. The summed E-state index contributed by atoms with van der Waals surface area (Å²) in [6.07, 6.45) is 0. The Balaban J connectivity index is 2.28. The molecule has 6 nitrogen and oxygen atoms in total. The van der Waals surface area contributed by atoms with E-state index in [2.05, 4.69) is 10.2 Å². The Bertz CT molecular complexity index is 564. The molecular formula is C10H11N3O3S2. The van der Waals surface area contributed by atoms with Crippen LogP contribution in [0, 0.1) is 0 Å². The van der Waals surface area contributed by atoms with Crippen LogP contribution < -0.4 is 4.74 Å². The van der Waals surface area contributed by atoms with Crippen molar-refractivity contribution < 1.29 is 14.6 Å². The molecule has 1 N–H and O–H groups in total.